The summed E-state index contributed by atoms with van der Waals surface area (Å²) in [4.78, 5) is 43.9. The van der Waals surface area contributed by atoms with E-state index in [4.69, 9.17) is 0 Å². The third-order valence-corrected chi connectivity index (χ3v) is 6.84. The number of halogens is 1. The lowest BCUT2D eigenvalue weighted by atomic mass is 9.86. The van der Waals surface area contributed by atoms with Crippen molar-refractivity contribution >= 4 is 35.0 Å². The summed E-state index contributed by atoms with van der Waals surface area (Å²) in [6.07, 6.45) is 3.81. The average Bonchev–Trinajstić information content (AvgIpc) is 3.32. The second-order valence-electron chi connectivity index (χ2n) is 8.51. The van der Waals surface area contributed by atoms with Crippen molar-refractivity contribution in [1.82, 2.24) is 0 Å². The maximum Gasteiger partial charge on any atom is 0.240 e. The van der Waals surface area contributed by atoms with Crippen LogP contribution in [0.1, 0.15) is 15.9 Å². The third kappa shape index (κ3) is 2.73. The molecule has 2 amide bonds. The summed E-state index contributed by atoms with van der Waals surface area (Å²) in [6.45, 7) is 0. The van der Waals surface area contributed by atoms with E-state index in [1.54, 1.807) is 30.3 Å². The number of carbonyl (C=O) groups excluding carboxylic acids is 3. The van der Waals surface area contributed by atoms with Gasteiger partial charge in [-0.15, -0.1) is 0 Å². The molecule has 0 N–H and O–H groups in total. The molecule has 6 rings (SSSR count). The molecule has 0 unspecified atom stereocenters. The number of para-hydroxylation sites is 2. The fraction of sp³-hybridized carbons (Fsp3) is 0.148. The molecule has 4 atom stereocenters. The maximum absolute atomic E-state index is 14.6. The SMILES string of the molecule is O=C(c1ccccc1)[C@@H]1[C@@H]2C(=O)N(c3ccccc3F)C(=O)[C@@H]2[C@H]2C=Cc3ccccc3N21. The van der Waals surface area contributed by atoms with Crippen molar-refractivity contribution in [2.75, 3.05) is 9.80 Å². The highest BCUT2D eigenvalue weighted by Gasteiger charge is 2.64. The van der Waals surface area contributed by atoms with Gasteiger partial charge in [0.2, 0.25) is 11.8 Å². The van der Waals surface area contributed by atoms with E-state index in [-0.39, 0.29) is 11.5 Å². The van der Waals surface area contributed by atoms with Crippen LogP contribution in [0.5, 0.6) is 0 Å². The van der Waals surface area contributed by atoms with Crippen LogP contribution in [0.15, 0.2) is 84.9 Å². The summed E-state index contributed by atoms with van der Waals surface area (Å²) in [6, 6.07) is 20.8. The molecule has 0 radical (unpaired) electrons. The van der Waals surface area contributed by atoms with Crippen LogP contribution in [-0.2, 0) is 9.59 Å². The van der Waals surface area contributed by atoms with Crippen molar-refractivity contribution in [3.8, 4) is 0 Å². The molecular formula is C27H19FN2O3. The molecule has 2 fully saturated rings. The molecular weight excluding hydrogens is 419 g/mol. The summed E-state index contributed by atoms with van der Waals surface area (Å²) in [5, 5.41) is 0. The van der Waals surface area contributed by atoms with E-state index in [1.807, 2.05) is 47.4 Å². The Labute approximate surface area is 189 Å². The first kappa shape index (κ1) is 19.6. The molecule has 6 heteroatoms. The summed E-state index contributed by atoms with van der Waals surface area (Å²) in [5.74, 6) is -3.58. The Morgan fingerprint density at radius 1 is 0.758 bits per heavy atom. The monoisotopic (exact) mass is 438 g/mol. The van der Waals surface area contributed by atoms with Crippen LogP contribution < -0.4 is 9.80 Å². The van der Waals surface area contributed by atoms with E-state index in [2.05, 4.69) is 0 Å². The van der Waals surface area contributed by atoms with Crippen molar-refractivity contribution in [3.63, 3.8) is 0 Å². The topological polar surface area (TPSA) is 57.7 Å². The summed E-state index contributed by atoms with van der Waals surface area (Å²) >= 11 is 0. The van der Waals surface area contributed by atoms with Gasteiger partial charge in [0.1, 0.15) is 11.9 Å². The van der Waals surface area contributed by atoms with E-state index in [9.17, 15) is 18.8 Å². The largest absolute Gasteiger partial charge is 0.352 e. The number of nitrogens with zero attached hydrogens (tertiary/aromatic N) is 2. The fourth-order valence-electron chi connectivity index (χ4n) is 5.46. The molecule has 2 saturated heterocycles. The molecule has 0 saturated carbocycles. The summed E-state index contributed by atoms with van der Waals surface area (Å²) < 4.78 is 14.6. The van der Waals surface area contributed by atoms with Gasteiger partial charge in [-0.05, 0) is 23.8 Å². The van der Waals surface area contributed by atoms with Crippen molar-refractivity contribution < 1.29 is 18.8 Å². The van der Waals surface area contributed by atoms with Gasteiger partial charge in [0.05, 0.1) is 23.6 Å². The zero-order chi connectivity index (χ0) is 22.7. The Hall–Kier alpha value is -4.06. The Morgan fingerprint density at radius 3 is 2.15 bits per heavy atom. The normalized spacial score (nSPS) is 25.1. The van der Waals surface area contributed by atoms with Crippen LogP contribution in [0.25, 0.3) is 6.08 Å². The molecule has 5 nitrogen and oxygen atoms in total. The van der Waals surface area contributed by atoms with Gasteiger partial charge in [-0.2, -0.15) is 0 Å². The number of carbonyl (C=O) groups is 3. The number of imide groups is 1. The maximum atomic E-state index is 14.6. The number of fused-ring (bicyclic) bond motifs is 5. The van der Waals surface area contributed by atoms with Crippen molar-refractivity contribution in [3.05, 3.63) is 102 Å². The highest BCUT2D eigenvalue weighted by molar-refractivity contribution is 6.25. The standard InChI is InChI=1S/C27H19FN2O3/c28-18-11-5-7-13-20(18)30-26(32)22-21-15-14-16-8-4-6-12-19(16)29(21)24(23(22)27(30)33)25(31)17-9-2-1-3-10-17/h1-15,21-24H/t21-,22-,23-,24+/m1/s1. The lowest BCUT2D eigenvalue weighted by Gasteiger charge is -2.36. The van der Waals surface area contributed by atoms with Crippen LogP contribution in [0.4, 0.5) is 15.8 Å². The van der Waals surface area contributed by atoms with Gasteiger partial charge in [0.25, 0.3) is 0 Å². The first-order chi connectivity index (χ1) is 16.1. The van der Waals surface area contributed by atoms with Crippen LogP contribution >= 0.6 is 0 Å². The number of ketones is 1. The Balaban J connectivity index is 1.52. The zero-order valence-corrected chi connectivity index (χ0v) is 17.5. The second kappa shape index (κ2) is 7.24. The molecule has 0 bridgehead atoms. The van der Waals surface area contributed by atoms with Crippen LogP contribution in [-0.4, -0.2) is 29.7 Å². The number of benzene rings is 3. The minimum atomic E-state index is -0.911. The molecule has 3 aromatic rings. The Morgan fingerprint density at radius 2 is 1.39 bits per heavy atom. The number of anilines is 2. The van der Waals surface area contributed by atoms with Gasteiger partial charge in [0.15, 0.2) is 5.78 Å². The van der Waals surface area contributed by atoms with Crippen molar-refractivity contribution in [2.45, 2.75) is 12.1 Å². The van der Waals surface area contributed by atoms with Gasteiger partial charge < -0.3 is 4.90 Å². The first-order valence-electron chi connectivity index (χ1n) is 10.8. The molecule has 3 aliphatic rings. The molecule has 0 spiro atoms. The minimum absolute atomic E-state index is 0.0699. The van der Waals surface area contributed by atoms with Crippen molar-refractivity contribution in [1.29, 1.82) is 0 Å². The quantitative estimate of drug-likeness (QED) is 0.457. The molecule has 0 aliphatic carbocycles. The number of hydrogen-bond acceptors (Lipinski definition) is 4. The average molecular weight is 438 g/mol. The predicted octanol–water partition coefficient (Wildman–Crippen LogP) is 4.10. The zero-order valence-electron chi connectivity index (χ0n) is 17.5. The molecule has 3 aromatic carbocycles. The summed E-state index contributed by atoms with van der Waals surface area (Å²) in [5.41, 5.74) is 2.13. The lowest BCUT2D eigenvalue weighted by molar-refractivity contribution is -0.122. The molecule has 3 heterocycles. The van der Waals surface area contributed by atoms with Gasteiger partial charge in [-0.25, -0.2) is 9.29 Å². The lowest BCUT2D eigenvalue weighted by Crippen LogP contribution is -2.49. The molecule has 33 heavy (non-hydrogen) atoms. The van der Waals surface area contributed by atoms with E-state index in [1.165, 1.54) is 18.2 Å². The van der Waals surface area contributed by atoms with E-state index in [0.717, 1.165) is 16.2 Å². The van der Waals surface area contributed by atoms with Gasteiger partial charge >= 0.3 is 0 Å². The molecule has 162 valence electrons. The number of rotatable bonds is 3. The smallest absolute Gasteiger partial charge is 0.240 e. The highest BCUT2D eigenvalue weighted by Crippen LogP contribution is 2.49. The van der Waals surface area contributed by atoms with E-state index in [0.29, 0.717) is 5.56 Å². The number of amides is 2. The predicted molar refractivity (Wildman–Crippen MR) is 122 cm³/mol. The van der Waals surface area contributed by atoms with Gasteiger partial charge in [-0.3, -0.25) is 14.4 Å². The van der Waals surface area contributed by atoms with Crippen LogP contribution in [0, 0.1) is 17.7 Å². The molecule has 3 aliphatic heterocycles. The van der Waals surface area contributed by atoms with Crippen LogP contribution in [0.2, 0.25) is 0 Å². The van der Waals surface area contributed by atoms with Gasteiger partial charge in [-0.1, -0.05) is 72.8 Å². The second-order valence-corrected chi connectivity index (χ2v) is 8.51. The van der Waals surface area contributed by atoms with Crippen LogP contribution in [0.3, 0.4) is 0 Å². The molecule has 0 aromatic heterocycles. The minimum Gasteiger partial charge on any atom is -0.352 e. The van der Waals surface area contributed by atoms with E-state index < -0.39 is 41.6 Å². The third-order valence-electron chi connectivity index (χ3n) is 6.84. The van der Waals surface area contributed by atoms with Gasteiger partial charge in [0, 0.05) is 11.3 Å². The van der Waals surface area contributed by atoms with Crippen molar-refractivity contribution in [2.24, 2.45) is 11.8 Å². The Kier molecular flexibility index (Phi) is 4.30. The van der Waals surface area contributed by atoms with E-state index >= 15 is 0 Å². The Bertz CT molecular complexity index is 1340. The number of Topliss-reactive ketones (excluding diaryl/α,β-unsaturated/α-hetero) is 1. The fourth-order valence-corrected chi connectivity index (χ4v) is 5.46. The number of hydrogen-bond donors (Lipinski definition) is 0. The summed E-state index contributed by atoms with van der Waals surface area (Å²) in [7, 11) is 0. The first-order valence-corrected chi connectivity index (χ1v) is 10.8. The highest BCUT2D eigenvalue weighted by atomic mass is 19.1.